The van der Waals surface area contributed by atoms with Crippen LogP contribution in [-0.2, 0) is 17.8 Å². The second-order valence-electron chi connectivity index (χ2n) is 7.02. The average molecular weight is 389 g/mol. The molecule has 3 aromatic rings. The number of halogens is 1. The normalized spacial score (nSPS) is 17.1. The predicted octanol–water partition coefficient (Wildman–Crippen LogP) is 3.73. The number of Topliss-reactive ketones (excluding diaryl/α,β-unsaturated/α-hetero) is 1. The van der Waals surface area contributed by atoms with E-state index in [1.165, 1.54) is 4.57 Å². The number of rotatable bonds is 5. The largest absolute Gasteiger partial charge is 0.420 e. The van der Waals surface area contributed by atoms with Crippen molar-refractivity contribution in [1.82, 2.24) is 9.13 Å². The molecule has 0 spiro atoms. The first-order chi connectivity index (χ1) is 12.9. The van der Waals surface area contributed by atoms with Crippen molar-refractivity contribution in [2.75, 3.05) is 6.61 Å². The molecule has 1 aliphatic heterocycles. The average Bonchev–Trinajstić information content (AvgIpc) is 3.31. The molecule has 1 aromatic carbocycles. The third kappa shape index (κ3) is 3.35. The maximum atomic E-state index is 12.9. The predicted molar refractivity (Wildman–Crippen MR) is 103 cm³/mol. The van der Waals surface area contributed by atoms with E-state index in [1.807, 2.05) is 19.9 Å². The molecule has 0 bridgehead atoms. The fraction of sp³-hybridized carbons (Fsp3) is 0.400. The summed E-state index contributed by atoms with van der Waals surface area (Å²) in [6, 6.07) is 6.83. The summed E-state index contributed by atoms with van der Waals surface area (Å²) >= 11 is 5.94. The van der Waals surface area contributed by atoms with Crippen LogP contribution < -0.4 is 5.76 Å². The third-order valence-corrected chi connectivity index (χ3v) is 5.45. The van der Waals surface area contributed by atoms with Crippen LogP contribution in [0, 0.1) is 13.8 Å². The van der Waals surface area contributed by atoms with Gasteiger partial charge in [-0.3, -0.25) is 9.36 Å². The molecule has 27 heavy (non-hydrogen) atoms. The van der Waals surface area contributed by atoms with Crippen molar-refractivity contribution in [2.45, 2.75) is 45.9 Å². The second kappa shape index (κ2) is 7.02. The van der Waals surface area contributed by atoms with Crippen molar-refractivity contribution < 1.29 is 13.9 Å². The van der Waals surface area contributed by atoms with Crippen LogP contribution in [0.3, 0.4) is 0 Å². The van der Waals surface area contributed by atoms with Gasteiger partial charge in [0.15, 0.2) is 11.4 Å². The molecule has 4 rings (SSSR count). The number of aryl methyl sites for hydroxylation is 1. The Kier molecular flexibility index (Phi) is 4.70. The summed E-state index contributed by atoms with van der Waals surface area (Å²) in [6.07, 6.45) is 2.32. The van der Waals surface area contributed by atoms with Gasteiger partial charge in [0.05, 0.1) is 18.2 Å². The van der Waals surface area contributed by atoms with Crippen LogP contribution in [0.5, 0.6) is 0 Å². The third-order valence-electron chi connectivity index (χ3n) is 5.22. The molecule has 0 saturated carbocycles. The number of carbonyl (C=O) groups is 1. The minimum absolute atomic E-state index is 0.0717. The monoisotopic (exact) mass is 388 g/mol. The number of aromatic nitrogens is 2. The number of nitrogens with zero attached hydrogens (tertiary/aromatic N) is 2. The van der Waals surface area contributed by atoms with Crippen LogP contribution in [0.25, 0.3) is 11.1 Å². The molecule has 2 aromatic heterocycles. The van der Waals surface area contributed by atoms with Crippen molar-refractivity contribution in [1.29, 1.82) is 0 Å². The van der Waals surface area contributed by atoms with Crippen molar-refractivity contribution in [3.63, 3.8) is 0 Å². The molecule has 0 N–H and O–H groups in total. The number of ether oxygens (including phenoxy) is 1. The Morgan fingerprint density at radius 1 is 1.26 bits per heavy atom. The number of hydrogen-bond donors (Lipinski definition) is 0. The first-order valence-electron chi connectivity index (χ1n) is 9.04. The van der Waals surface area contributed by atoms with Gasteiger partial charge in [-0.1, -0.05) is 11.6 Å². The lowest BCUT2D eigenvalue weighted by Gasteiger charge is -2.14. The number of ketones is 1. The number of fused-ring (bicyclic) bond motifs is 1. The Morgan fingerprint density at radius 2 is 2.07 bits per heavy atom. The van der Waals surface area contributed by atoms with E-state index >= 15 is 0 Å². The Hall–Kier alpha value is -2.31. The summed E-state index contributed by atoms with van der Waals surface area (Å²) in [6.45, 7) is 5.40. The SMILES string of the molecule is Cc1cc(C(=O)Cn2c(=O)oc3cc(Cl)ccc32)c(C)n1C[C@H]1CCCO1. The smallest absolute Gasteiger partial charge is 0.408 e. The number of hydrogen-bond acceptors (Lipinski definition) is 4. The summed E-state index contributed by atoms with van der Waals surface area (Å²) in [7, 11) is 0. The molecule has 142 valence electrons. The van der Waals surface area contributed by atoms with Crippen LogP contribution in [0.2, 0.25) is 5.02 Å². The zero-order valence-electron chi connectivity index (χ0n) is 15.3. The molecule has 3 heterocycles. The standard InChI is InChI=1S/C20H21ClN2O4/c1-12-8-16(13(2)22(12)10-15-4-3-7-26-15)18(24)11-23-17-6-5-14(21)9-19(17)27-20(23)25/h5-6,8-9,15H,3-4,7,10-11H2,1-2H3/t15-/m1/s1. The van der Waals surface area contributed by atoms with Crippen LogP contribution in [0.4, 0.5) is 0 Å². The molecule has 7 heteroatoms. The van der Waals surface area contributed by atoms with Gasteiger partial charge in [0.25, 0.3) is 0 Å². The molecule has 1 saturated heterocycles. The summed E-state index contributed by atoms with van der Waals surface area (Å²) in [5.74, 6) is -0.685. The zero-order chi connectivity index (χ0) is 19.1. The lowest BCUT2D eigenvalue weighted by Crippen LogP contribution is -2.21. The molecule has 1 atom stereocenters. The summed E-state index contributed by atoms with van der Waals surface area (Å²) < 4.78 is 14.4. The topological polar surface area (TPSA) is 66.4 Å². The molecule has 0 aliphatic carbocycles. The molecule has 1 fully saturated rings. The maximum Gasteiger partial charge on any atom is 0.420 e. The van der Waals surface area contributed by atoms with Gasteiger partial charge < -0.3 is 13.7 Å². The minimum atomic E-state index is -0.561. The lowest BCUT2D eigenvalue weighted by atomic mass is 10.1. The van der Waals surface area contributed by atoms with Gasteiger partial charge >= 0.3 is 5.76 Å². The quantitative estimate of drug-likeness (QED) is 0.624. The highest BCUT2D eigenvalue weighted by atomic mass is 35.5. The molecule has 0 radical (unpaired) electrons. The van der Waals surface area contributed by atoms with Gasteiger partial charge in [-0.15, -0.1) is 0 Å². The summed E-state index contributed by atoms with van der Waals surface area (Å²) in [5, 5.41) is 0.479. The van der Waals surface area contributed by atoms with Crippen LogP contribution >= 0.6 is 11.6 Å². The first-order valence-corrected chi connectivity index (χ1v) is 9.42. The molecule has 0 unspecified atom stereocenters. The van der Waals surface area contributed by atoms with Gasteiger partial charge in [-0.2, -0.15) is 0 Å². The Morgan fingerprint density at radius 3 is 2.81 bits per heavy atom. The maximum absolute atomic E-state index is 12.9. The zero-order valence-corrected chi connectivity index (χ0v) is 16.1. The molecule has 6 nitrogen and oxygen atoms in total. The summed E-state index contributed by atoms with van der Waals surface area (Å²) in [4.78, 5) is 25.1. The second-order valence-corrected chi connectivity index (χ2v) is 7.46. The van der Waals surface area contributed by atoms with Crippen LogP contribution in [-0.4, -0.2) is 27.6 Å². The van der Waals surface area contributed by atoms with Gasteiger partial charge in [0, 0.05) is 41.2 Å². The molecular formula is C20H21ClN2O4. The van der Waals surface area contributed by atoms with Crippen LogP contribution in [0.1, 0.15) is 34.6 Å². The van der Waals surface area contributed by atoms with E-state index in [0.717, 1.165) is 37.4 Å². The van der Waals surface area contributed by atoms with E-state index in [0.29, 0.717) is 21.7 Å². The number of carbonyl (C=O) groups excluding carboxylic acids is 1. The van der Waals surface area contributed by atoms with Gasteiger partial charge in [-0.25, -0.2) is 4.79 Å². The van der Waals surface area contributed by atoms with E-state index in [2.05, 4.69) is 4.57 Å². The fourth-order valence-corrected chi connectivity index (χ4v) is 3.94. The van der Waals surface area contributed by atoms with Gasteiger partial charge in [-0.05, 0) is 44.9 Å². The minimum Gasteiger partial charge on any atom is -0.408 e. The van der Waals surface area contributed by atoms with E-state index in [4.69, 9.17) is 20.8 Å². The fourth-order valence-electron chi connectivity index (χ4n) is 3.78. The van der Waals surface area contributed by atoms with Gasteiger partial charge in [0.1, 0.15) is 0 Å². The van der Waals surface area contributed by atoms with E-state index in [-0.39, 0.29) is 18.4 Å². The highest BCUT2D eigenvalue weighted by Crippen LogP contribution is 2.22. The van der Waals surface area contributed by atoms with Crippen molar-refractivity contribution in [2.24, 2.45) is 0 Å². The van der Waals surface area contributed by atoms with E-state index in [9.17, 15) is 9.59 Å². The first kappa shape index (κ1) is 18.1. The number of benzene rings is 1. The van der Waals surface area contributed by atoms with E-state index < -0.39 is 5.76 Å². The number of oxazole rings is 1. The molecule has 1 aliphatic rings. The highest BCUT2D eigenvalue weighted by molar-refractivity contribution is 6.31. The van der Waals surface area contributed by atoms with Crippen LogP contribution in [0.15, 0.2) is 33.5 Å². The molecular weight excluding hydrogens is 368 g/mol. The van der Waals surface area contributed by atoms with Crippen molar-refractivity contribution >= 4 is 28.5 Å². The van der Waals surface area contributed by atoms with Gasteiger partial charge in [0.2, 0.25) is 0 Å². The van der Waals surface area contributed by atoms with Crippen molar-refractivity contribution in [3.8, 4) is 0 Å². The Balaban J connectivity index is 1.62. The Labute approximate surface area is 161 Å². The Bertz CT molecular complexity index is 1070. The summed E-state index contributed by atoms with van der Waals surface area (Å²) in [5.41, 5.74) is 3.48. The highest BCUT2D eigenvalue weighted by Gasteiger charge is 2.22. The van der Waals surface area contributed by atoms with E-state index in [1.54, 1.807) is 18.2 Å². The molecule has 0 amide bonds. The van der Waals surface area contributed by atoms with Crippen molar-refractivity contribution in [3.05, 3.63) is 56.8 Å². The lowest BCUT2D eigenvalue weighted by molar-refractivity contribution is 0.0948.